The summed E-state index contributed by atoms with van der Waals surface area (Å²) in [6.45, 7) is 4.66. The van der Waals surface area contributed by atoms with Crippen LogP contribution < -0.4 is 5.32 Å². The molecule has 1 aliphatic rings. The van der Waals surface area contributed by atoms with E-state index in [0.717, 1.165) is 19.0 Å². The van der Waals surface area contributed by atoms with Crippen molar-refractivity contribution in [2.45, 2.75) is 25.8 Å². The number of hydrogen-bond donors (Lipinski definition) is 1. The number of piperidine rings is 1. The quantitative estimate of drug-likeness (QED) is 0.842. The highest BCUT2D eigenvalue weighted by Crippen LogP contribution is 2.20. The van der Waals surface area contributed by atoms with E-state index < -0.39 is 0 Å². The fourth-order valence-corrected chi connectivity index (χ4v) is 3.33. The smallest absolute Gasteiger partial charge is 0.0211 e. The summed E-state index contributed by atoms with van der Waals surface area (Å²) in [5.41, 5.74) is 1.41. The first-order valence-corrected chi connectivity index (χ1v) is 8.19. The van der Waals surface area contributed by atoms with Crippen molar-refractivity contribution in [1.82, 2.24) is 10.2 Å². The van der Waals surface area contributed by atoms with E-state index in [0.29, 0.717) is 0 Å². The largest absolute Gasteiger partial charge is 0.313 e. The summed E-state index contributed by atoms with van der Waals surface area (Å²) in [7, 11) is 2.23. The number of nitrogens with zero attached hydrogens (tertiary/aromatic N) is 1. The van der Waals surface area contributed by atoms with Crippen molar-refractivity contribution in [3.05, 3.63) is 48.0 Å². The zero-order chi connectivity index (χ0) is 14.5. The first-order valence-electron chi connectivity index (χ1n) is 8.19. The van der Waals surface area contributed by atoms with Gasteiger partial charge in [0.25, 0.3) is 0 Å². The molecule has 1 N–H and O–H groups in total. The monoisotopic (exact) mass is 282 g/mol. The molecule has 0 aromatic heterocycles. The molecule has 0 unspecified atom stereocenters. The summed E-state index contributed by atoms with van der Waals surface area (Å²) in [4.78, 5) is 2.44. The Bertz CT molecular complexity index is 565. The maximum absolute atomic E-state index is 3.64. The normalized spacial score (nSPS) is 17.4. The van der Waals surface area contributed by atoms with Crippen molar-refractivity contribution < 1.29 is 0 Å². The minimum atomic E-state index is 0.918. The molecule has 0 radical (unpaired) electrons. The Balaban J connectivity index is 1.48. The Morgan fingerprint density at radius 1 is 1.05 bits per heavy atom. The van der Waals surface area contributed by atoms with E-state index in [1.165, 1.54) is 48.7 Å². The zero-order valence-corrected chi connectivity index (χ0v) is 13.0. The number of benzene rings is 2. The third kappa shape index (κ3) is 3.84. The molecule has 0 atom stereocenters. The van der Waals surface area contributed by atoms with E-state index in [1.54, 1.807) is 0 Å². The molecule has 0 amide bonds. The van der Waals surface area contributed by atoms with Gasteiger partial charge in [0.05, 0.1) is 0 Å². The molecule has 0 bridgehead atoms. The van der Waals surface area contributed by atoms with Crippen LogP contribution in [0.5, 0.6) is 0 Å². The minimum absolute atomic E-state index is 0.918. The van der Waals surface area contributed by atoms with Crippen LogP contribution in [0.15, 0.2) is 42.5 Å². The van der Waals surface area contributed by atoms with Gasteiger partial charge in [-0.2, -0.15) is 0 Å². The van der Waals surface area contributed by atoms with E-state index in [2.05, 4.69) is 59.7 Å². The molecule has 1 heterocycles. The van der Waals surface area contributed by atoms with Crippen molar-refractivity contribution >= 4 is 10.8 Å². The maximum atomic E-state index is 3.64. The van der Waals surface area contributed by atoms with Crippen molar-refractivity contribution in [3.8, 4) is 0 Å². The first kappa shape index (κ1) is 14.6. The van der Waals surface area contributed by atoms with Crippen molar-refractivity contribution in [2.24, 2.45) is 5.92 Å². The van der Waals surface area contributed by atoms with Crippen LogP contribution in [-0.2, 0) is 6.54 Å². The van der Waals surface area contributed by atoms with Crippen LogP contribution in [0.3, 0.4) is 0 Å². The molecule has 1 saturated heterocycles. The third-order valence-electron chi connectivity index (χ3n) is 4.76. The molecule has 3 rings (SSSR count). The lowest BCUT2D eigenvalue weighted by Crippen LogP contribution is -2.31. The predicted octanol–water partition coefficient (Wildman–Crippen LogP) is 3.66. The van der Waals surface area contributed by atoms with E-state index in [1.807, 2.05) is 0 Å². The summed E-state index contributed by atoms with van der Waals surface area (Å²) in [6, 6.07) is 15.3. The first-order chi connectivity index (χ1) is 10.3. The Morgan fingerprint density at radius 3 is 2.67 bits per heavy atom. The van der Waals surface area contributed by atoms with Gasteiger partial charge < -0.3 is 10.2 Å². The van der Waals surface area contributed by atoms with Crippen LogP contribution >= 0.6 is 0 Å². The Labute approximate surface area is 128 Å². The highest BCUT2D eigenvalue weighted by Gasteiger charge is 2.15. The van der Waals surface area contributed by atoms with Gasteiger partial charge in [0, 0.05) is 6.54 Å². The number of hydrogen-bond acceptors (Lipinski definition) is 2. The molecule has 21 heavy (non-hydrogen) atoms. The highest BCUT2D eigenvalue weighted by atomic mass is 15.1. The highest BCUT2D eigenvalue weighted by molar-refractivity contribution is 5.85. The molecule has 0 aliphatic carbocycles. The Kier molecular flexibility index (Phi) is 4.89. The Morgan fingerprint density at radius 2 is 1.81 bits per heavy atom. The fraction of sp³-hybridized carbons (Fsp3) is 0.474. The standard InChI is InChI=1S/C19H26N2/c1-21-13-10-16(11-14-21)9-12-20-15-18-7-4-6-17-5-2-3-8-19(17)18/h2-8,16,20H,9-15H2,1H3. The van der Waals surface area contributed by atoms with E-state index in [-0.39, 0.29) is 0 Å². The van der Waals surface area contributed by atoms with E-state index in [9.17, 15) is 0 Å². The van der Waals surface area contributed by atoms with Crippen LogP contribution in [0.2, 0.25) is 0 Å². The maximum Gasteiger partial charge on any atom is 0.0211 e. The molecule has 0 spiro atoms. The number of fused-ring (bicyclic) bond motifs is 1. The molecule has 2 aromatic rings. The topological polar surface area (TPSA) is 15.3 Å². The van der Waals surface area contributed by atoms with Gasteiger partial charge in [-0.25, -0.2) is 0 Å². The SMILES string of the molecule is CN1CCC(CCNCc2cccc3ccccc23)CC1. The summed E-state index contributed by atoms with van der Waals surface area (Å²) >= 11 is 0. The zero-order valence-electron chi connectivity index (χ0n) is 13.0. The number of nitrogens with one attached hydrogen (secondary N) is 1. The number of likely N-dealkylation sites (tertiary alicyclic amines) is 1. The van der Waals surface area contributed by atoms with Crippen LogP contribution in [0.1, 0.15) is 24.8 Å². The van der Waals surface area contributed by atoms with Crippen molar-refractivity contribution in [2.75, 3.05) is 26.7 Å². The third-order valence-corrected chi connectivity index (χ3v) is 4.76. The van der Waals surface area contributed by atoms with Gasteiger partial charge in [-0.05, 0) is 68.2 Å². The second kappa shape index (κ2) is 7.06. The molecule has 2 aromatic carbocycles. The summed E-state index contributed by atoms with van der Waals surface area (Å²) in [5.74, 6) is 0.918. The van der Waals surface area contributed by atoms with Gasteiger partial charge in [-0.15, -0.1) is 0 Å². The lowest BCUT2D eigenvalue weighted by molar-refractivity contribution is 0.211. The van der Waals surface area contributed by atoms with Gasteiger partial charge in [-0.1, -0.05) is 42.5 Å². The van der Waals surface area contributed by atoms with Crippen LogP contribution in [0.25, 0.3) is 10.8 Å². The summed E-state index contributed by atoms with van der Waals surface area (Å²) in [6.07, 6.45) is 4.05. The van der Waals surface area contributed by atoms with Gasteiger partial charge in [0.1, 0.15) is 0 Å². The summed E-state index contributed by atoms with van der Waals surface area (Å²) in [5, 5.41) is 6.36. The van der Waals surface area contributed by atoms with Gasteiger partial charge in [0.2, 0.25) is 0 Å². The molecule has 2 nitrogen and oxygen atoms in total. The molecule has 2 heteroatoms. The lowest BCUT2D eigenvalue weighted by Gasteiger charge is -2.28. The molecular weight excluding hydrogens is 256 g/mol. The predicted molar refractivity (Wildman–Crippen MR) is 90.5 cm³/mol. The average Bonchev–Trinajstić information content (AvgIpc) is 2.53. The van der Waals surface area contributed by atoms with E-state index >= 15 is 0 Å². The minimum Gasteiger partial charge on any atom is -0.313 e. The second-order valence-corrected chi connectivity index (χ2v) is 6.35. The van der Waals surface area contributed by atoms with Gasteiger partial charge >= 0.3 is 0 Å². The molecule has 1 fully saturated rings. The van der Waals surface area contributed by atoms with Crippen LogP contribution in [-0.4, -0.2) is 31.6 Å². The lowest BCUT2D eigenvalue weighted by atomic mass is 9.94. The van der Waals surface area contributed by atoms with Crippen molar-refractivity contribution in [1.29, 1.82) is 0 Å². The van der Waals surface area contributed by atoms with Gasteiger partial charge in [0.15, 0.2) is 0 Å². The van der Waals surface area contributed by atoms with Crippen molar-refractivity contribution in [3.63, 3.8) is 0 Å². The Hall–Kier alpha value is -1.38. The molecule has 1 aliphatic heterocycles. The number of rotatable bonds is 5. The van der Waals surface area contributed by atoms with Gasteiger partial charge in [-0.3, -0.25) is 0 Å². The van der Waals surface area contributed by atoms with Crippen LogP contribution in [0.4, 0.5) is 0 Å². The summed E-state index contributed by atoms with van der Waals surface area (Å²) < 4.78 is 0. The average molecular weight is 282 g/mol. The van der Waals surface area contributed by atoms with Crippen LogP contribution in [0, 0.1) is 5.92 Å². The molecular formula is C19H26N2. The molecule has 112 valence electrons. The fourth-order valence-electron chi connectivity index (χ4n) is 3.33. The van der Waals surface area contributed by atoms with E-state index in [4.69, 9.17) is 0 Å². The second-order valence-electron chi connectivity index (χ2n) is 6.35. The molecule has 0 saturated carbocycles.